The molecule has 0 aliphatic carbocycles. The second-order valence-corrected chi connectivity index (χ2v) is 8.46. The third kappa shape index (κ3) is 4.05. The number of benzene rings is 2. The largest absolute Gasteiger partial charge is 0.462 e. The highest BCUT2D eigenvalue weighted by molar-refractivity contribution is 7.99. The van der Waals surface area contributed by atoms with Gasteiger partial charge >= 0.3 is 5.97 Å². The van der Waals surface area contributed by atoms with Gasteiger partial charge in [-0.15, -0.1) is 0 Å². The Bertz CT molecular complexity index is 1300. The van der Waals surface area contributed by atoms with Crippen molar-refractivity contribution in [2.24, 2.45) is 0 Å². The normalized spacial score (nSPS) is 11.1. The van der Waals surface area contributed by atoms with Crippen LogP contribution in [0, 0.1) is 19.7 Å². The Balaban J connectivity index is 1.82. The van der Waals surface area contributed by atoms with Gasteiger partial charge in [-0.2, -0.15) is 0 Å². The third-order valence-corrected chi connectivity index (χ3v) is 6.39. The molecule has 4 rings (SSSR count). The molecule has 0 bridgehead atoms. The van der Waals surface area contributed by atoms with E-state index in [0.717, 1.165) is 32.7 Å². The first-order valence-corrected chi connectivity index (χ1v) is 11.0. The molecule has 0 spiro atoms. The molecular weight excluding hydrogens is 435 g/mol. The first kappa shape index (κ1) is 21.4. The maximum Gasteiger partial charge on any atom is 0.341 e. The van der Waals surface area contributed by atoms with Crippen LogP contribution in [-0.2, 0) is 4.74 Å². The smallest absolute Gasteiger partial charge is 0.341 e. The molecule has 4 aromatic rings. The molecule has 0 saturated heterocycles. The molecule has 2 aromatic carbocycles. The fraction of sp³-hybridized carbons (Fsp3) is 0.167. The molecule has 0 N–H and O–H groups in total. The van der Waals surface area contributed by atoms with Crippen LogP contribution in [0.2, 0.25) is 5.15 Å². The highest BCUT2D eigenvalue weighted by Gasteiger charge is 2.19. The van der Waals surface area contributed by atoms with E-state index in [-0.39, 0.29) is 12.2 Å². The van der Waals surface area contributed by atoms with Crippen LogP contribution in [0.15, 0.2) is 64.5 Å². The van der Waals surface area contributed by atoms with Crippen molar-refractivity contribution in [3.8, 4) is 5.69 Å². The van der Waals surface area contributed by atoms with Crippen LogP contribution in [0.25, 0.3) is 16.6 Å². The molecule has 0 radical (unpaired) electrons. The number of pyridine rings is 1. The minimum absolute atomic E-state index is 0.0658. The van der Waals surface area contributed by atoms with Gasteiger partial charge in [0.05, 0.1) is 29.1 Å². The van der Waals surface area contributed by atoms with Crippen molar-refractivity contribution in [3.05, 3.63) is 82.5 Å². The van der Waals surface area contributed by atoms with E-state index >= 15 is 4.39 Å². The van der Waals surface area contributed by atoms with Gasteiger partial charge in [0.15, 0.2) is 5.82 Å². The van der Waals surface area contributed by atoms with Crippen LogP contribution in [0.3, 0.4) is 0 Å². The Labute approximate surface area is 189 Å². The molecule has 0 saturated carbocycles. The van der Waals surface area contributed by atoms with Crippen molar-refractivity contribution in [2.45, 2.75) is 30.6 Å². The summed E-state index contributed by atoms with van der Waals surface area (Å²) in [6, 6.07) is 14.7. The van der Waals surface area contributed by atoms with Crippen molar-refractivity contribution in [3.63, 3.8) is 0 Å². The van der Waals surface area contributed by atoms with Gasteiger partial charge < -0.3 is 9.30 Å². The predicted molar refractivity (Wildman–Crippen MR) is 122 cm³/mol. The average Bonchev–Trinajstić information content (AvgIpc) is 3.11. The SMILES string of the molecule is CCOC(=O)c1cccc(Sc2cn(-c3cc(C)c(Cl)nc3C)c3ccccc23)c1F. The molecule has 2 aromatic heterocycles. The van der Waals surface area contributed by atoms with E-state index in [0.29, 0.717) is 10.0 Å². The molecule has 0 fully saturated rings. The number of carbonyl (C=O) groups is 1. The van der Waals surface area contributed by atoms with E-state index in [2.05, 4.69) is 4.98 Å². The Morgan fingerprint density at radius 2 is 1.94 bits per heavy atom. The van der Waals surface area contributed by atoms with Gasteiger partial charge in [0.2, 0.25) is 0 Å². The molecule has 158 valence electrons. The fourth-order valence-corrected chi connectivity index (χ4v) is 4.61. The van der Waals surface area contributed by atoms with Crippen molar-refractivity contribution in [1.82, 2.24) is 9.55 Å². The number of nitrogens with zero attached hydrogens (tertiary/aromatic N) is 2. The Hall–Kier alpha value is -2.83. The quantitative estimate of drug-likeness (QED) is 0.247. The van der Waals surface area contributed by atoms with Crippen LogP contribution in [-0.4, -0.2) is 22.1 Å². The van der Waals surface area contributed by atoms with E-state index in [1.165, 1.54) is 17.8 Å². The number of aromatic nitrogens is 2. The molecule has 31 heavy (non-hydrogen) atoms. The molecule has 0 amide bonds. The Morgan fingerprint density at radius 1 is 1.16 bits per heavy atom. The lowest BCUT2D eigenvalue weighted by Crippen LogP contribution is -2.07. The maximum atomic E-state index is 15.1. The van der Waals surface area contributed by atoms with Crippen molar-refractivity contribution in [1.29, 1.82) is 0 Å². The monoisotopic (exact) mass is 454 g/mol. The first-order valence-electron chi connectivity index (χ1n) is 9.78. The van der Waals surface area contributed by atoms with Crippen molar-refractivity contribution >= 4 is 40.2 Å². The van der Waals surface area contributed by atoms with Crippen LogP contribution in [0.4, 0.5) is 4.39 Å². The minimum atomic E-state index is -0.664. The lowest BCUT2D eigenvalue weighted by Gasteiger charge is -2.10. The van der Waals surface area contributed by atoms with Crippen LogP contribution >= 0.6 is 23.4 Å². The topological polar surface area (TPSA) is 44.1 Å². The highest BCUT2D eigenvalue weighted by atomic mass is 35.5. The standard InChI is InChI=1S/C24H20ClFN2O2S/c1-4-30-24(29)17-9-7-11-20(22(17)26)31-21-13-28(18-10-6-5-8-16(18)21)19-12-14(2)23(25)27-15(19)3/h5-13H,4H2,1-3H3. The van der Waals surface area contributed by atoms with Crippen LogP contribution < -0.4 is 0 Å². The van der Waals surface area contributed by atoms with E-state index in [1.54, 1.807) is 19.1 Å². The highest BCUT2D eigenvalue weighted by Crippen LogP contribution is 2.38. The summed E-state index contributed by atoms with van der Waals surface area (Å²) in [6.07, 6.45) is 1.96. The number of esters is 1. The van der Waals surface area contributed by atoms with Crippen LogP contribution in [0.5, 0.6) is 0 Å². The zero-order valence-electron chi connectivity index (χ0n) is 17.3. The van der Waals surface area contributed by atoms with Gasteiger partial charge in [0.1, 0.15) is 5.15 Å². The number of ether oxygens (including phenoxy) is 1. The number of para-hydroxylation sites is 1. The molecule has 0 aliphatic rings. The first-order chi connectivity index (χ1) is 14.9. The number of fused-ring (bicyclic) bond motifs is 1. The predicted octanol–water partition coefficient (Wildman–Crippen LogP) is 6.76. The number of hydrogen-bond donors (Lipinski definition) is 0. The van der Waals surface area contributed by atoms with Gasteiger partial charge in [0.25, 0.3) is 0 Å². The van der Waals surface area contributed by atoms with Gasteiger partial charge in [-0.05, 0) is 50.6 Å². The second-order valence-electron chi connectivity index (χ2n) is 7.02. The zero-order valence-corrected chi connectivity index (χ0v) is 18.9. The van der Waals surface area contributed by atoms with Crippen molar-refractivity contribution < 1.29 is 13.9 Å². The molecule has 0 unspecified atom stereocenters. The van der Waals surface area contributed by atoms with Gasteiger partial charge in [0, 0.05) is 21.4 Å². The van der Waals surface area contributed by atoms with E-state index in [1.807, 2.05) is 54.9 Å². The molecule has 0 atom stereocenters. The maximum absolute atomic E-state index is 15.1. The summed E-state index contributed by atoms with van der Waals surface area (Å²) < 4.78 is 22.1. The van der Waals surface area contributed by atoms with Gasteiger partial charge in [-0.25, -0.2) is 14.2 Å². The van der Waals surface area contributed by atoms with E-state index in [4.69, 9.17) is 16.3 Å². The summed E-state index contributed by atoms with van der Waals surface area (Å²) in [5.74, 6) is -1.24. The lowest BCUT2D eigenvalue weighted by molar-refractivity contribution is 0.0520. The summed E-state index contributed by atoms with van der Waals surface area (Å²) in [4.78, 5) is 17.7. The molecule has 7 heteroatoms. The average molecular weight is 455 g/mol. The second kappa shape index (κ2) is 8.73. The minimum Gasteiger partial charge on any atom is -0.462 e. The number of carbonyl (C=O) groups excluding carboxylic acids is 1. The number of aryl methyl sites for hydroxylation is 2. The Kier molecular flexibility index (Phi) is 6.03. The summed E-state index contributed by atoms with van der Waals surface area (Å²) >= 11 is 7.45. The van der Waals surface area contributed by atoms with E-state index < -0.39 is 11.8 Å². The third-order valence-electron chi connectivity index (χ3n) is 4.93. The van der Waals surface area contributed by atoms with E-state index in [9.17, 15) is 4.79 Å². The number of hydrogen-bond acceptors (Lipinski definition) is 4. The van der Waals surface area contributed by atoms with Crippen LogP contribution in [0.1, 0.15) is 28.5 Å². The summed E-state index contributed by atoms with van der Waals surface area (Å²) in [5.41, 5.74) is 3.49. The summed E-state index contributed by atoms with van der Waals surface area (Å²) in [5, 5.41) is 1.45. The Morgan fingerprint density at radius 3 is 2.71 bits per heavy atom. The van der Waals surface area contributed by atoms with Gasteiger partial charge in [-0.1, -0.05) is 47.6 Å². The zero-order chi connectivity index (χ0) is 22.1. The molecular formula is C24H20ClFN2O2S. The van der Waals surface area contributed by atoms with Gasteiger partial charge in [-0.3, -0.25) is 0 Å². The lowest BCUT2D eigenvalue weighted by atomic mass is 10.2. The van der Waals surface area contributed by atoms with Crippen molar-refractivity contribution in [2.75, 3.05) is 6.61 Å². The number of rotatable bonds is 5. The molecule has 2 heterocycles. The summed E-state index contributed by atoms with van der Waals surface area (Å²) in [6.45, 7) is 5.70. The fourth-order valence-electron chi connectivity index (χ4n) is 3.41. The molecule has 4 nitrogen and oxygen atoms in total. The molecule has 0 aliphatic heterocycles. The number of halogens is 2. The summed E-state index contributed by atoms with van der Waals surface area (Å²) in [7, 11) is 0.